The van der Waals surface area contributed by atoms with Gasteiger partial charge in [0, 0.05) is 15.6 Å². The van der Waals surface area contributed by atoms with E-state index in [9.17, 15) is 24.6 Å². The standard InChI is InChI=1S/C16H12O6S.2Na/c1-2-3-8-13-7(4-5-10(22-13)15(18)19)12(17)9-6-11(16(20)21)23-14(8)9;;/h4-6H,2-3H2,1H3,(H,18,19)(H,20,21);;/q;2*+1/p-2. The third-order valence-corrected chi connectivity index (χ3v) is 4.70. The number of carboxylic acids is 2. The fourth-order valence-electron chi connectivity index (χ4n) is 2.56. The average Bonchev–Trinajstić information content (AvgIpc) is 2.96. The van der Waals surface area contributed by atoms with E-state index < -0.39 is 17.4 Å². The van der Waals surface area contributed by atoms with Gasteiger partial charge in [-0.3, -0.25) is 4.79 Å². The van der Waals surface area contributed by atoms with E-state index in [0.717, 1.165) is 17.4 Å². The van der Waals surface area contributed by atoms with Crippen LogP contribution in [0.25, 0.3) is 21.4 Å². The number of benzene rings is 1. The minimum absolute atomic E-state index is 0. The quantitative estimate of drug-likeness (QED) is 0.421. The summed E-state index contributed by atoms with van der Waals surface area (Å²) in [5.74, 6) is -3.06. The van der Waals surface area contributed by atoms with Gasteiger partial charge in [-0.2, -0.15) is 0 Å². The summed E-state index contributed by atoms with van der Waals surface area (Å²) in [6.45, 7) is 1.92. The van der Waals surface area contributed by atoms with Crippen molar-refractivity contribution in [1.29, 1.82) is 0 Å². The molecule has 0 N–H and O–H groups in total. The predicted octanol–water partition coefficient (Wildman–Crippen LogP) is -5.35. The molecule has 0 radical (unpaired) electrons. The zero-order valence-corrected chi connectivity index (χ0v) is 18.8. The molecule has 0 saturated carbocycles. The second-order valence-electron chi connectivity index (χ2n) is 5.03. The topological polar surface area (TPSA) is 110 Å². The molecule has 118 valence electrons. The molecule has 1 aromatic heterocycles. The molecule has 0 saturated heterocycles. The molecule has 0 unspecified atom stereocenters. The number of aromatic carboxylic acids is 2. The van der Waals surface area contributed by atoms with Gasteiger partial charge in [0.25, 0.3) is 0 Å². The Kier molecular flexibility index (Phi) is 7.89. The van der Waals surface area contributed by atoms with Crippen LogP contribution in [0.3, 0.4) is 0 Å². The Bertz CT molecular complexity index is 975. The molecule has 1 aliphatic carbocycles. The largest absolute Gasteiger partial charge is 1.00 e. The molecule has 0 amide bonds. The van der Waals surface area contributed by atoms with Gasteiger partial charge < -0.3 is 24.2 Å². The Balaban J connectivity index is 0.00000156. The molecule has 0 fully saturated rings. The smallest absolute Gasteiger partial charge is 0.544 e. The average molecular weight is 376 g/mol. The summed E-state index contributed by atoms with van der Waals surface area (Å²) in [4.78, 5) is 34.5. The third-order valence-electron chi connectivity index (χ3n) is 3.53. The zero-order valence-electron chi connectivity index (χ0n) is 14.0. The first-order chi connectivity index (χ1) is 10.9. The maximum Gasteiger partial charge on any atom is 1.00 e. The molecule has 25 heavy (non-hydrogen) atoms. The Hall–Kier alpha value is -0.670. The monoisotopic (exact) mass is 376 g/mol. The maximum atomic E-state index is 12.5. The first kappa shape index (κ1) is 22.4. The van der Waals surface area contributed by atoms with Crippen LogP contribution in [0.1, 0.15) is 39.1 Å². The maximum absolute atomic E-state index is 12.5. The molecule has 9 heteroatoms. The number of carbonyl (C=O) groups excluding carboxylic acids is 2. The summed E-state index contributed by atoms with van der Waals surface area (Å²) >= 11 is 0.930. The van der Waals surface area contributed by atoms with E-state index in [1.54, 1.807) is 0 Å². The molecular weight excluding hydrogens is 366 g/mol. The van der Waals surface area contributed by atoms with Gasteiger partial charge in [-0.1, -0.05) is 13.3 Å². The molecule has 1 aliphatic heterocycles. The summed E-state index contributed by atoms with van der Waals surface area (Å²) in [6.07, 6.45) is 1.23. The Morgan fingerprint density at radius 2 is 1.84 bits per heavy atom. The number of rotatable bonds is 4. The summed E-state index contributed by atoms with van der Waals surface area (Å²) in [5, 5.41) is 22.3. The molecule has 0 atom stereocenters. The van der Waals surface area contributed by atoms with Crippen molar-refractivity contribution in [1.82, 2.24) is 0 Å². The number of carboxylic acid groups (broad SMARTS) is 2. The van der Waals surface area contributed by atoms with Crippen molar-refractivity contribution in [2.75, 3.05) is 0 Å². The molecule has 0 bridgehead atoms. The fraction of sp³-hybridized carbons (Fsp3) is 0.188. The van der Waals surface area contributed by atoms with Gasteiger partial charge >= 0.3 is 59.1 Å². The van der Waals surface area contributed by atoms with Crippen molar-refractivity contribution in [2.24, 2.45) is 0 Å². The number of thiophene rings is 1. The van der Waals surface area contributed by atoms with Gasteiger partial charge in [-0.15, -0.1) is 11.3 Å². The number of hydrogen-bond acceptors (Lipinski definition) is 7. The van der Waals surface area contributed by atoms with Crippen LogP contribution < -0.4 is 74.8 Å². The van der Waals surface area contributed by atoms with Gasteiger partial charge in [0.2, 0.25) is 0 Å². The minimum atomic E-state index is -1.48. The molecule has 6 nitrogen and oxygen atoms in total. The Morgan fingerprint density at radius 1 is 1.16 bits per heavy atom. The molecule has 3 rings (SSSR count). The van der Waals surface area contributed by atoms with Crippen molar-refractivity contribution >= 4 is 33.4 Å². The summed E-state index contributed by atoms with van der Waals surface area (Å²) < 4.78 is 5.84. The second-order valence-corrected chi connectivity index (χ2v) is 6.08. The van der Waals surface area contributed by atoms with Gasteiger partial charge in [0.15, 0.2) is 5.43 Å². The van der Waals surface area contributed by atoms with Crippen molar-refractivity contribution in [3.05, 3.63) is 44.6 Å². The molecule has 1 aromatic rings. The first-order valence-corrected chi connectivity index (χ1v) is 7.70. The van der Waals surface area contributed by atoms with Gasteiger partial charge in [0.05, 0.1) is 16.4 Å². The van der Waals surface area contributed by atoms with Crippen LogP contribution in [0.4, 0.5) is 0 Å². The predicted molar refractivity (Wildman–Crippen MR) is 79.6 cm³/mol. The van der Waals surface area contributed by atoms with Gasteiger partial charge in [-0.05, 0) is 24.6 Å². The van der Waals surface area contributed by atoms with E-state index in [0.29, 0.717) is 23.1 Å². The number of aryl methyl sites for hydroxylation is 1. The SMILES string of the molecule is CCCc1c2oc(C(=O)[O-])ccc-2c(=O)c2cc(C(=O)[O-])sc12.[Na+].[Na+]. The molecular formula is C16H10Na2O6S. The van der Waals surface area contributed by atoms with Crippen LogP contribution in [0.15, 0.2) is 27.4 Å². The number of fused-ring (bicyclic) bond motifs is 2. The van der Waals surface area contributed by atoms with Gasteiger partial charge in [0.1, 0.15) is 17.5 Å². The van der Waals surface area contributed by atoms with Gasteiger partial charge in [-0.25, -0.2) is 0 Å². The van der Waals surface area contributed by atoms with Crippen LogP contribution in [0.5, 0.6) is 0 Å². The molecule has 2 heterocycles. The van der Waals surface area contributed by atoms with Crippen LogP contribution in [0, 0.1) is 0 Å². The van der Waals surface area contributed by atoms with E-state index in [-0.39, 0.29) is 86.5 Å². The van der Waals surface area contributed by atoms with Crippen molar-refractivity contribution in [2.45, 2.75) is 19.8 Å². The molecule has 0 aromatic carbocycles. The van der Waals surface area contributed by atoms with Crippen molar-refractivity contribution < 1.29 is 83.3 Å². The zero-order chi connectivity index (χ0) is 16.7. The Labute approximate surface area is 190 Å². The Morgan fingerprint density at radius 3 is 2.40 bits per heavy atom. The second kappa shape index (κ2) is 8.81. The number of hydrogen-bond donors (Lipinski definition) is 0. The molecule has 0 spiro atoms. The summed E-state index contributed by atoms with van der Waals surface area (Å²) in [5.41, 5.74) is 0.443. The van der Waals surface area contributed by atoms with E-state index in [1.807, 2.05) is 6.92 Å². The van der Waals surface area contributed by atoms with E-state index in [4.69, 9.17) is 4.42 Å². The third kappa shape index (κ3) is 4.03. The van der Waals surface area contributed by atoms with E-state index >= 15 is 0 Å². The van der Waals surface area contributed by atoms with Crippen LogP contribution >= 0.6 is 11.3 Å². The normalized spacial score (nSPS) is 10.3. The fourth-order valence-corrected chi connectivity index (χ4v) is 3.62. The van der Waals surface area contributed by atoms with E-state index in [2.05, 4.69) is 0 Å². The van der Waals surface area contributed by atoms with Crippen LogP contribution in [-0.2, 0) is 6.42 Å². The summed E-state index contributed by atoms with van der Waals surface area (Å²) in [7, 11) is 0. The number of carbonyl (C=O) groups is 2. The molecule has 2 aliphatic rings. The van der Waals surface area contributed by atoms with Crippen molar-refractivity contribution in [3.8, 4) is 11.3 Å². The van der Waals surface area contributed by atoms with Crippen LogP contribution in [-0.4, -0.2) is 11.9 Å². The van der Waals surface area contributed by atoms with Crippen molar-refractivity contribution in [3.63, 3.8) is 0 Å². The van der Waals surface area contributed by atoms with E-state index in [1.165, 1.54) is 12.1 Å². The minimum Gasteiger partial charge on any atom is -0.544 e. The van der Waals surface area contributed by atoms with Crippen LogP contribution in [0.2, 0.25) is 0 Å². The summed E-state index contributed by atoms with van der Waals surface area (Å²) in [6, 6.07) is 3.82. The first-order valence-electron chi connectivity index (χ1n) is 6.89.